The van der Waals surface area contributed by atoms with Gasteiger partial charge in [0.05, 0.1) is 22.8 Å². The van der Waals surface area contributed by atoms with Crippen LogP contribution in [0, 0.1) is 0 Å². The SMILES string of the molecule is O=C(NCc1cccc(C(F)(F)F)c1)[C@]1(CCS(=O)(=O)c2ccccc2)N=C(c2ccc(OCCCO)cc2)O[C@@H]1c1ccccc1. The van der Waals surface area contributed by atoms with E-state index < -0.39 is 44.9 Å². The number of carbonyl (C=O) groups excluding carboxylic acids is 1. The van der Waals surface area contributed by atoms with Gasteiger partial charge in [-0.1, -0.05) is 60.7 Å². The van der Waals surface area contributed by atoms with Crippen molar-refractivity contribution in [2.24, 2.45) is 4.99 Å². The van der Waals surface area contributed by atoms with Crippen LogP contribution >= 0.6 is 0 Å². The lowest BCUT2D eigenvalue weighted by atomic mass is 9.85. The van der Waals surface area contributed by atoms with E-state index in [-0.39, 0.29) is 35.9 Å². The number of sulfone groups is 1. The number of aliphatic hydroxyl groups excluding tert-OH is 1. The molecule has 0 saturated heterocycles. The Morgan fingerprint density at radius 1 is 0.936 bits per heavy atom. The van der Waals surface area contributed by atoms with Gasteiger partial charge >= 0.3 is 6.18 Å². The predicted molar refractivity (Wildman–Crippen MR) is 170 cm³/mol. The van der Waals surface area contributed by atoms with Gasteiger partial charge in [-0.3, -0.25) is 4.79 Å². The van der Waals surface area contributed by atoms with Crippen LogP contribution in [0.3, 0.4) is 0 Å². The smallest absolute Gasteiger partial charge is 0.416 e. The van der Waals surface area contributed by atoms with Crippen molar-refractivity contribution in [3.05, 3.63) is 131 Å². The molecule has 2 atom stereocenters. The summed E-state index contributed by atoms with van der Waals surface area (Å²) in [7, 11) is -3.88. The highest BCUT2D eigenvalue weighted by molar-refractivity contribution is 7.91. The first-order chi connectivity index (χ1) is 22.5. The third-order valence-electron chi connectivity index (χ3n) is 7.69. The first kappa shape index (κ1) is 33.7. The average Bonchev–Trinajstić information content (AvgIpc) is 3.48. The third kappa shape index (κ3) is 8.01. The largest absolute Gasteiger partial charge is 0.494 e. The molecule has 12 heteroatoms. The molecule has 0 radical (unpaired) electrons. The molecule has 1 aliphatic rings. The third-order valence-corrected chi connectivity index (χ3v) is 9.43. The lowest BCUT2D eigenvalue weighted by molar-refractivity contribution is -0.137. The van der Waals surface area contributed by atoms with E-state index in [1.807, 2.05) is 0 Å². The fourth-order valence-electron chi connectivity index (χ4n) is 5.23. The van der Waals surface area contributed by atoms with Crippen molar-refractivity contribution in [2.75, 3.05) is 19.0 Å². The lowest BCUT2D eigenvalue weighted by Crippen LogP contribution is -2.49. The van der Waals surface area contributed by atoms with Crippen molar-refractivity contribution < 1.29 is 41.0 Å². The summed E-state index contributed by atoms with van der Waals surface area (Å²) in [5.74, 6) is -0.535. The molecule has 246 valence electrons. The fraction of sp³-hybridized carbons (Fsp3) is 0.257. The first-order valence-electron chi connectivity index (χ1n) is 14.9. The summed E-state index contributed by atoms with van der Waals surface area (Å²) in [5.41, 5.74) is -1.41. The predicted octanol–water partition coefficient (Wildman–Crippen LogP) is 5.90. The lowest BCUT2D eigenvalue weighted by Gasteiger charge is -2.30. The summed E-state index contributed by atoms with van der Waals surface area (Å²) in [6.45, 7) is 0.0398. The number of nitrogens with one attached hydrogen (secondary N) is 1. The molecule has 0 aliphatic carbocycles. The maximum absolute atomic E-state index is 14.3. The summed E-state index contributed by atoms with van der Waals surface area (Å²) in [4.78, 5) is 19.1. The number of rotatable bonds is 13. The molecule has 0 saturated carbocycles. The quantitative estimate of drug-likeness (QED) is 0.172. The number of amides is 1. The van der Waals surface area contributed by atoms with Crippen LogP contribution in [0.4, 0.5) is 13.2 Å². The molecule has 1 heterocycles. The topological polar surface area (TPSA) is 114 Å². The maximum Gasteiger partial charge on any atom is 0.416 e. The maximum atomic E-state index is 14.3. The highest BCUT2D eigenvalue weighted by Crippen LogP contribution is 2.43. The highest BCUT2D eigenvalue weighted by Gasteiger charge is 2.53. The van der Waals surface area contributed by atoms with Crippen LogP contribution in [-0.4, -0.2) is 49.8 Å². The summed E-state index contributed by atoms with van der Waals surface area (Å²) in [6, 6.07) is 27.9. The van der Waals surface area contributed by atoms with Crippen LogP contribution < -0.4 is 10.1 Å². The molecule has 2 N–H and O–H groups in total. The Bertz CT molecular complexity index is 1800. The molecule has 1 aliphatic heterocycles. The summed E-state index contributed by atoms with van der Waals surface area (Å²) < 4.78 is 79.0. The fourth-order valence-corrected chi connectivity index (χ4v) is 6.61. The normalized spacial score (nSPS) is 17.9. The number of ether oxygens (including phenoxy) is 2. The van der Waals surface area contributed by atoms with Gasteiger partial charge in [-0.2, -0.15) is 13.2 Å². The van der Waals surface area contributed by atoms with Crippen molar-refractivity contribution in [1.82, 2.24) is 5.32 Å². The number of alkyl halides is 3. The van der Waals surface area contributed by atoms with Crippen molar-refractivity contribution in [3.63, 3.8) is 0 Å². The molecular formula is C35H33F3N2O6S. The van der Waals surface area contributed by atoms with E-state index in [1.165, 1.54) is 24.3 Å². The van der Waals surface area contributed by atoms with Crippen LogP contribution in [0.5, 0.6) is 5.75 Å². The molecule has 0 unspecified atom stereocenters. The number of aliphatic hydroxyl groups is 1. The van der Waals surface area contributed by atoms with E-state index in [4.69, 9.17) is 19.6 Å². The van der Waals surface area contributed by atoms with E-state index in [9.17, 15) is 26.4 Å². The van der Waals surface area contributed by atoms with Gasteiger partial charge in [0.15, 0.2) is 21.5 Å². The molecule has 5 rings (SSSR count). The Morgan fingerprint density at radius 2 is 1.62 bits per heavy atom. The number of halogens is 3. The van der Waals surface area contributed by atoms with E-state index in [1.54, 1.807) is 72.8 Å². The zero-order valence-corrected chi connectivity index (χ0v) is 26.0. The Labute approximate surface area is 270 Å². The molecular weight excluding hydrogens is 633 g/mol. The van der Waals surface area contributed by atoms with E-state index in [0.29, 0.717) is 29.9 Å². The zero-order valence-electron chi connectivity index (χ0n) is 25.2. The van der Waals surface area contributed by atoms with Gasteiger partial charge in [0.2, 0.25) is 5.90 Å². The van der Waals surface area contributed by atoms with Gasteiger partial charge < -0.3 is 19.9 Å². The second-order valence-electron chi connectivity index (χ2n) is 11.0. The Morgan fingerprint density at radius 3 is 2.28 bits per heavy atom. The summed E-state index contributed by atoms with van der Waals surface area (Å²) >= 11 is 0. The second-order valence-corrected chi connectivity index (χ2v) is 13.1. The average molecular weight is 667 g/mol. The number of nitrogens with zero attached hydrogens (tertiary/aromatic N) is 1. The van der Waals surface area contributed by atoms with Gasteiger partial charge in [-0.05, 0) is 59.7 Å². The minimum absolute atomic E-state index is 0.0124. The molecule has 0 bridgehead atoms. The van der Waals surface area contributed by atoms with E-state index in [2.05, 4.69) is 5.32 Å². The van der Waals surface area contributed by atoms with Crippen molar-refractivity contribution in [2.45, 2.75) is 42.1 Å². The summed E-state index contributed by atoms with van der Waals surface area (Å²) in [5, 5.41) is 11.7. The number of hydrogen-bond acceptors (Lipinski definition) is 7. The van der Waals surface area contributed by atoms with Crippen LogP contribution in [0.15, 0.2) is 119 Å². The highest BCUT2D eigenvalue weighted by atomic mass is 32.2. The van der Waals surface area contributed by atoms with Crippen molar-refractivity contribution >= 4 is 21.6 Å². The van der Waals surface area contributed by atoms with Gasteiger partial charge in [0.1, 0.15) is 5.75 Å². The molecule has 0 spiro atoms. The zero-order chi connectivity index (χ0) is 33.5. The van der Waals surface area contributed by atoms with Crippen LogP contribution in [0.1, 0.15) is 41.2 Å². The summed E-state index contributed by atoms with van der Waals surface area (Å²) in [6.07, 6.45) is -5.46. The Kier molecular flexibility index (Phi) is 10.3. The standard InChI is InChI=1S/C35H33F3N2O6S/c36-35(37,38)28-12-7-9-25(23-28)24-39-33(42)34(19-22-47(43,44)30-13-5-2-6-14-30)31(26-10-3-1-4-11-26)46-32(40-34)27-15-17-29(18-16-27)45-21-8-20-41/h1-7,9-18,23,31,41H,8,19-22,24H2,(H,39,42)/t31-,34-/m1/s1. The molecule has 4 aromatic rings. The number of aliphatic imine (C=N–C) groups is 1. The van der Waals surface area contributed by atoms with Crippen LogP contribution in [0.25, 0.3) is 0 Å². The minimum atomic E-state index is -4.57. The monoisotopic (exact) mass is 666 g/mol. The van der Waals surface area contributed by atoms with E-state index >= 15 is 0 Å². The van der Waals surface area contributed by atoms with Gasteiger partial charge in [-0.15, -0.1) is 0 Å². The van der Waals surface area contributed by atoms with Gasteiger partial charge in [-0.25, -0.2) is 13.4 Å². The van der Waals surface area contributed by atoms with E-state index in [0.717, 1.165) is 12.1 Å². The number of hydrogen-bond donors (Lipinski definition) is 2. The number of carbonyl (C=O) groups is 1. The van der Waals surface area contributed by atoms with Gasteiger partial charge in [0.25, 0.3) is 5.91 Å². The number of benzene rings is 4. The van der Waals surface area contributed by atoms with Crippen molar-refractivity contribution in [1.29, 1.82) is 0 Å². The minimum Gasteiger partial charge on any atom is -0.494 e. The molecule has 4 aromatic carbocycles. The Hall–Kier alpha value is -4.68. The molecule has 0 fully saturated rings. The van der Waals surface area contributed by atoms with Gasteiger partial charge in [0, 0.05) is 31.6 Å². The van der Waals surface area contributed by atoms with Crippen LogP contribution in [-0.2, 0) is 32.1 Å². The first-order valence-corrected chi connectivity index (χ1v) is 16.5. The molecule has 47 heavy (non-hydrogen) atoms. The molecule has 0 aromatic heterocycles. The molecule has 1 amide bonds. The Balaban J connectivity index is 1.53. The van der Waals surface area contributed by atoms with Crippen molar-refractivity contribution in [3.8, 4) is 5.75 Å². The second kappa shape index (κ2) is 14.4. The molecule has 8 nitrogen and oxygen atoms in total. The van der Waals surface area contributed by atoms with Crippen LogP contribution in [0.2, 0.25) is 0 Å².